The number of nitrogens with zero attached hydrogens (tertiary/aromatic N) is 1. The number of benzene rings is 2. The monoisotopic (exact) mass is 285 g/mol. The summed E-state index contributed by atoms with van der Waals surface area (Å²) in [5.74, 6) is -0.124. The molecule has 0 aliphatic rings. The van der Waals surface area contributed by atoms with E-state index in [4.69, 9.17) is 11.1 Å². The molecule has 2 aromatic carbocycles. The summed E-state index contributed by atoms with van der Waals surface area (Å²) in [6.45, 7) is 3.57. The number of hydrogen-bond donors (Lipinski definition) is 2. The Morgan fingerprint density at radius 1 is 1.14 bits per heavy atom. The fraction of sp³-hybridized carbons (Fsp3) is 0.235. The van der Waals surface area contributed by atoms with E-state index in [1.165, 1.54) is 17.7 Å². The highest BCUT2D eigenvalue weighted by molar-refractivity contribution is 5.95. The molecule has 0 aromatic heterocycles. The smallest absolute Gasteiger partial charge is 0.123 e. The number of nitrogens with one attached hydrogen (secondary N) is 1. The van der Waals surface area contributed by atoms with Crippen LogP contribution in [-0.4, -0.2) is 17.8 Å². The minimum Gasteiger partial charge on any atom is -0.384 e. The van der Waals surface area contributed by atoms with E-state index in [1.807, 2.05) is 32.2 Å². The molecule has 3 nitrogen and oxygen atoms in total. The fourth-order valence-electron chi connectivity index (χ4n) is 2.29. The lowest BCUT2D eigenvalue weighted by Gasteiger charge is -2.18. The van der Waals surface area contributed by atoms with E-state index >= 15 is 0 Å². The second-order valence-corrected chi connectivity index (χ2v) is 5.35. The van der Waals surface area contributed by atoms with E-state index < -0.39 is 0 Å². The molecule has 0 unspecified atom stereocenters. The van der Waals surface area contributed by atoms with Gasteiger partial charge in [0.2, 0.25) is 0 Å². The van der Waals surface area contributed by atoms with E-state index in [2.05, 4.69) is 4.90 Å². The number of amidine groups is 1. The van der Waals surface area contributed by atoms with Gasteiger partial charge in [0, 0.05) is 18.7 Å². The van der Waals surface area contributed by atoms with Crippen molar-refractivity contribution in [2.45, 2.75) is 20.0 Å². The second-order valence-electron chi connectivity index (χ2n) is 5.35. The third-order valence-electron chi connectivity index (χ3n) is 3.46. The van der Waals surface area contributed by atoms with Crippen LogP contribution in [0.5, 0.6) is 0 Å². The van der Waals surface area contributed by atoms with Crippen molar-refractivity contribution in [3.63, 3.8) is 0 Å². The molecular formula is C17H20FN3. The van der Waals surface area contributed by atoms with Crippen LogP contribution in [0.1, 0.15) is 22.3 Å². The van der Waals surface area contributed by atoms with Gasteiger partial charge < -0.3 is 5.73 Å². The van der Waals surface area contributed by atoms with Crippen molar-refractivity contribution >= 4 is 5.84 Å². The summed E-state index contributed by atoms with van der Waals surface area (Å²) in [6, 6.07) is 12.4. The Morgan fingerprint density at radius 2 is 1.81 bits per heavy atom. The first-order valence-corrected chi connectivity index (χ1v) is 6.82. The zero-order chi connectivity index (χ0) is 15.4. The average molecular weight is 285 g/mol. The van der Waals surface area contributed by atoms with Crippen LogP contribution in [0.25, 0.3) is 0 Å². The molecule has 0 aliphatic carbocycles. The van der Waals surface area contributed by atoms with Crippen molar-refractivity contribution in [1.82, 2.24) is 4.90 Å². The molecular weight excluding hydrogens is 265 g/mol. The largest absolute Gasteiger partial charge is 0.384 e. The number of rotatable bonds is 5. The lowest BCUT2D eigenvalue weighted by molar-refractivity contribution is 0.318. The van der Waals surface area contributed by atoms with Crippen molar-refractivity contribution in [3.8, 4) is 0 Å². The van der Waals surface area contributed by atoms with Gasteiger partial charge in [0.15, 0.2) is 0 Å². The molecule has 0 radical (unpaired) electrons. The molecule has 110 valence electrons. The molecule has 0 spiro atoms. The maximum Gasteiger partial charge on any atom is 0.123 e. The Bertz CT molecular complexity index is 635. The number of nitrogen functional groups attached to an aromatic ring is 1. The van der Waals surface area contributed by atoms with Gasteiger partial charge in [0.25, 0.3) is 0 Å². The van der Waals surface area contributed by atoms with E-state index in [0.29, 0.717) is 0 Å². The van der Waals surface area contributed by atoms with Gasteiger partial charge in [-0.1, -0.05) is 24.3 Å². The normalized spacial score (nSPS) is 10.9. The van der Waals surface area contributed by atoms with Crippen LogP contribution in [0.15, 0.2) is 42.5 Å². The minimum atomic E-state index is -0.211. The van der Waals surface area contributed by atoms with Crippen LogP contribution >= 0.6 is 0 Å². The van der Waals surface area contributed by atoms with Gasteiger partial charge in [-0.2, -0.15) is 0 Å². The quantitative estimate of drug-likeness (QED) is 0.655. The maximum absolute atomic E-state index is 12.9. The molecule has 0 heterocycles. The van der Waals surface area contributed by atoms with E-state index in [1.54, 1.807) is 12.1 Å². The molecule has 0 saturated carbocycles. The van der Waals surface area contributed by atoms with Gasteiger partial charge in [-0.15, -0.1) is 0 Å². The average Bonchev–Trinajstić information content (AvgIpc) is 2.43. The fourth-order valence-corrected chi connectivity index (χ4v) is 2.29. The van der Waals surface area contributed by atoms with E-state index in [9.17, 15) is 4.39 Å². The molecule has 3 N–H and O–H groups in total. The van der Waals surface area contributed by atoms with Crippen LogP contribution < -0.4 is 5.73 Å². The Morgan fingerprint density at radius 3 is 2.38 bits per heavy atom. The Labute approximate surface area is 124 Å². The summed E-state index contributed by atoms with van der Waals surface area (Å²) in [4.78, 5) is 2.17. The van der Waals surface area contributed by atoms with Gasteiger partial charge in [0.1, 0.15) is 11.7 Å². The predicted molar refractivity (Wildman–Crippen MR) is 83.8 cm³/mol. The Kier molecular flexibility index (Phi) is 4.70. The first kappa shape index (κ1) is 15.2. The van der Waals surface area contributed by atoms with Gasteiger partial charge in [-0.3, -0.25) is 10.3 Å². The summed E-state index contributed by atoms with van der Waals surface area (Å²) in [5.41, 5.74) is 9.64. The van der Waals surface area contributed by atoms with Gasteiger partial charge >= 0.3 is 0 Å². The molecule has 0 bridgehead atoms. The third-order valence-corrected chi connectivity index (χ3v) is 3.46. The van der Waals surface area contributed by atoms with Crippen molar-refractivity contribution in [2.75, 3.05) is 7.05 Å². The SMILES string of the molecule is Cc1cc(C(=N)N)ccc1CN(C)Cc1ccc(F)cc1. The number of aryl methyl sites for hydroxylation is 1. The van der Waals surface area contributed by atoms with Crippen molar-refractivity contribution in [3.05, 3.63) is 70.5 Å². The number of nitrogens with two attached hydrogens (primary N) is 1. The van der Waals surface area contributed by atoms with Crippen molar-refractivity contribution < 1.29 is 4.39 Å². The van der Waals surface area contributed by atoms with Gasteiger partial charge in [0.05, 0.1) is 0 Å². The van der Waals surface area contributed by atoms with Crippen LogP contribution in [0.4, 0.5) is 4.39 Å². The van der Waals surface area contributed by atoms with Crippen LogP contribution in [0, 0.1) is 18.2 Å². The highest BCUT2D eigenvalue weighted by Crippen LogP contribution is 2.14. The lowest BCUT2D eigenvalue weighted by atomic mass is 10.0. The topological polar surface area (TPSA) is 53.1 Å². The summed E-state index contributed by atoms with van der Waals surface area (Å²) < 4.78 is 12.9. The summed E-state index contributed by atoms with van der Waals surface area (Å²) in [5, 5.41) is 7.45. The lowest BCUT2D eigenvalue weighted by Crippen LogP contribution is -2.18. The first-order valence-electron chi connectivity index (χ1n) is 6.82. The van der Waals surface area contributed by atoms with Gasteiger partial charge in [-0.25, -0.2) is 4.39 Å². The highest BCUT2D eigenvalue weighted by atomic mass is 19.1. The zero-order valence-electron chi connectivity index (χ0n) is 12.4. The van der Waals surface area contributed by atoms with Gasteiger partial charge in [-0.05, 0) is 48.9 Å². The number of hydrogen-bond acceptors (Lipinski definition) is 2. The van der Waals surface area contributed by atoms with Crippen LogP contribution in [0.2, 0.25) is 0 Å². The molecule has 2 rings (SSSR count). The predicted octanol–water partition coefficient (Wildman–Crippen LogP) is 3.05. The molecule has 4 heteroatoms. The molecule has 0 fully saturated rings. The molecule has 0 saturated heterocycles. The minimum absolute atomic E-state index is 0.0873. The Hall–Kier alpha value is -2.20. The molecule has 0 aliphatic heterocycles. The van der Waals surface area contributed by atoms with E-state index in [0.717, 1.165) is 29.8 Å². The molecule has 0 amide bonds. The first-order chi connectivity index (χ1) is 9.95. The summed E-state index contributed by atoms with van der Waals surface area (Å²) in [6.07, 6.45) is 0. The van der Waals surface area contributed by atoms with Crippen LogP contribution in [-0.2, 0) is 13.1 Å². The summed E-state index contributed by atoms with van der Waals surface area (Å²) >= 11 is 0. The maximum atomic E-state index is 12.9. The standard InChI is InChI=1S/C17H20FN3/c1-12-9-14(17(19)20)5-6-15(12)11-21(2)10-13-3-7-16(18)8-4-13/h3-9H,10-11H2,1-2H3,(H3,19,20). The molecule has 0 atom stereocenters. The van der Waals surface area contributed by atoms with Crippen molar-refractivity contribution in [1.29, 1.82) is 5.41 Å². The summed E-state index contributed by atoms with van der Waals surface area (Å²) in [7, 11) is 2.03. The second kappa shape index (κ2) is 6.50. The highest BCUT2D eigenvalue weighted by Gasteiger charge is 2.06. The zero-order valence-corrected chi connectivity index (χ0v) is 12.4. The molecule has 2 aromatic rings. The van der Waals surface area contributed by atoms with Crippen LogP contribution in [0.3, 0.4) is 0 Å². The third kappa shape index (κ3) is 4.13. The Balaban J connectivity index is 2.04. The van der Waals surface area contributed by atoms with Crippen molar-refractivity contribution in [2.24, 2.45) is 5.73 Å². The molecule has 21 heavy (non-hydrogen) atoms. The van der Waals surface area contributed by atoms with E-state index in [-0.39, 0.29) is 11.7 Å². The number of halogens is 1.